The molecule has 1 aliphatic rings. The van der Waals surface area contributed by atoms with Crippen LogP contribution in [-0.2, 0) is 42.3 Å². The van der Waals surface area contributed by atoms with Gasteiger partial charge in [0, 0.05) is 0 Å². The van der Waals surface area contributed by atoms with Gasteiger partial charge in [0.25, 0.3) is 0 Å². The molecule has 0 aliphatic heterocycles. The van der Waals surface area contributed by atoms with Gasteiger partial charge in [-0.05, 0) is 0 Å². The van der Waals surface area contributed by atoms with E-state index in [4.69, 9.17) is 25.3 Å². The molecule has 1 aromatic carbocycles. The van der Waals surface area contributed by atoms with Gasteiger partial charge in [-0.15, -0.1) is 0 Å². The Balaban J connectivity index is 0.000000246. The zero-order chi connectivity index (χ0) is 9.52. The second kappa shape index (κ2) is 7.89. The predicted molar refractivity (Wildman–Crippen MR) is 62.1 cm³/mol. The maximum atomic E-state index is 4.73. The van der Waals surface area contributed by atoms with E-state index in [9.17, 15) is 0 Å². The summed E-state index contributed by atoms with van der Waals surface area (Å²) in [6.07, 6.45) is 7.67. The van der Waals surface area contributed by atoms with Crippen LogP contribution >= 0.6 is 0 Å². The summed E-state index contributed by atoms with van der Waals surface area (Å²) in [7, 11) is 0. The minimum absolute atomic E-state index is 0. The molecule has 2 rings (SSSR count). The molecule has 0 spiro atoms. The number of rotatable bonds is 0. The van der Waals surface area contributed by atoms with E-state index < -0.39 is 0 Å². The third kappa shape index (κ3) is 5.30. The van der Waals surface area contributed by atoms with Crippen LogP contribution in [-0.4, -0.2) is 0 Å². The zero-order valence-corrected chi connectivity index (χ0v) is 10.1. The van der Waals surface area contributed by atoms with Gasteiger partial charge < -0.3 is 29.5 Å². The Bertz CT molecular complexity index is 286. The molecule has 1 radical (unpaired) electrons. The molecule has 0 N–H and O–H groups in total. The molecule has 0 atom stereocenters. The number of hydrogen-bond acceptors (Lipinski definition) is 2. The van der Waals surface area contributed by atoms with Crippen LogP contribution in [0.3, 0.4) is 0 Å². The molecule has 0 saturated heterocycles. The first-order chi connectivity index (χ1) is 6.30. The van der Waals surface area contributed by atoms with Crippen LogP contribution in [0.4, 0.5) is 0 Å². The van der Waals surface area contributed by atoms with Crippen molar-refractivity contribution < 1.29 is 17.1 Å². The molecule has 0 nitrogen and oxygen atoms in total. The molecule has 0 amide bonds. The first-order valence-corrected chi connectivity index (χ1v) is 4.72. The van der Waals surface area contributed by atoms with Gasteiger partial charge in [0.05, 0.1) is 0 Å². The van der Waals surface area contributed by atoms with Gasteiger partial charge in [-0.25, -0.2) is 12.1 Å². The Labute approximate surface area is 106 Å². The van der Waals surface area contributed by atoms with Crippen LogP contribution in [0.25, 0.3) is 0 Å². The molecule has 73 valence electrons. The molecule has 3 heteroatoms. The largest absolute Gasteiger partial charge is 3.00 e. The van der Waals surface area contributed by atoms with Gasteiger partial charge in [0.1, 0.15) is 0 Å². The van der Waals surface area contributed by atoms with E-state index in [0.29, 0.717) is 4.24 Å². The fourth-order valence-electron chi connectivity index (χ4n) is 0.831. The summed E-state index contributed by atoms with van der Waals surface area (Å²) in [6, 6.07) is 10.0. The summed E-state index contributed by atoms with van der Waals surface area (Å²) in [4.78, 5) is 0. The van der Waals surface area contributed by atoms with Crippen molar-refractivity contribution in [2.24, 2.45) is 0 Å². The molecule has 0 saturated carbocycles. The molecule has 0 bridgehead atoms. The van der Waals surface area contributed by atoms with E-state index in [1.165, 1.54) is 0 Å². The van der Waals surface area contributed by atoms with Crippen LogP contribution in [0.2, 0.25) is 0 Å². The van der Waals surface area contributed by atoms with Crippen LogP contribution in [0.15, 0.2) is 64.4 Å². The van der Waals surface area contributed by atoms with Crippen LogP contribution < -0.4 is 0 Å². The van der Waals surface area contributed by atoms with E-state index in [-0.39, 0.29) is 17.1 Å². The SMILES string of the molecule is [Fe+3].[S-]C([S-])=C1C=CC=C1.c1cc[cH-]c1. The van der Waals surface area contributed by atoms with Crippen molar-refractivity contribution in [1.82, 2.24) is 0 Å². The molecular formula is C11H9FeS2. The monoisotopic (exact) mass is 261 g/mol. The zero-order valence-electron chi connectivity index (χ0n) is 7.37. The Hall–Kier alpha value is -0.471. The van der Waals surface area contributed by atoms with Gasteiger partial charge in [-0.2, -0.15) is 18.2 Å². The summed E-state index contributed by atoms with van der Waals surface area (Å²) in [5.41, 5.74) is 0.981. The third-order valence-electron chi connectivity index (χ3n) is 1.45. The van der Waals surface area contributed by atoms with Gasteiger partial charge in [-0.1, -0.05) is 29.9 Å². The fraction of sp³-hybridized carbons (Fsp3) is 0. The molecule has 1 aromatic rings. The van der Waals surface area contributed by atoms with Crippen molar-refractivity contribution in [2.75, 3.05) is 0 Å². The van der Waals surface area contributed by atoms with Crippen molar-refractivity contribution in [3.63, 3.8) is 0 Å². The van der Waals surface area contributed by atoms with Gasteiger partial charge >= 0.3 is 17.1 Å². The van der Waals surface area contributed by atoms with E-state index in [2.05, 4.69) is 0 Å². The van der Waals surface area contributed by atoms with E-state index in [1.807, 2.05) is 54.6 Å². The van der Waals surface area contributed by atoms with Crippen molar-refractivity contribution in [3.05, 3.63) is 64.4 Å². The van der Waals surface area contributed by atoms with Gasteiger partial charge in [-0.3, -0.25) is 0 Å². The average molecular weight is 261 g/mol. The molecular weight excluding hydrogens is 252 g/mol. The normalized spacial score (nSPS) is 11.6. The van der Waals surface area contributed by atoms with Crippen molar-refractivity contribution in [2.45, 2.75) is 0 Å². The molecule has 0 fully saturated rings. The molecule has 1 aliphatic carbocycles. The summed E-state index contributed by atoms with van der Waals surface area (Å²) < 4.78 is 0.551. The Morgan fingerprint density at radius 3 is 1.71 bits per heavy atom. The van der Waals surface area contributed by atoms with Crippen LogP contribution in [0.1, 0.15) is 0 Å². The van der Waals surface area contributed by atoms with E-state index >= 15 is 0 Å². The van der Waals surface area contributed by atoms with Crippen LogP contribution in [0, 0.1) is 0 Å². The third-order valence-corrected chi connectivity index (χ3v) is 1.93. The molecule has 0 heterocycles. The molecule has 0 aromatic heterocycles. The minimum Gasteiger partial charge on any atom is -0.807 e. The van der Waals surface area contributed by atoms with Crippen molar-refractivity contribution in [1.29, 1.82) is 0 Å². The standard InChI is InChI=1S/C6H6S2.C5H5.Fe/c7-6(8)5-3-1-2-4-5;1-2-4-5-3-1;/h1-4,7-8H;1-5H;/q;-1;+3/p-2. The summed E-state index contributed by atoms with van der Waals surface area (Å²) >= 11 is 9.46. The van der Waals surface area contributed by atoms with E-state index in [0.717, 1.165) is 5.57 Å². The van der Waals surface area contributed by atoms with E-state index in [1.54, 1.807) is 0 Å². The minimum atomic E-state index is 0. The van der Waals surface area contributed by atoms with Crippen LogP contribution in [0.5, 0.6) is 0 Å². The fourth-order valence-corrected chi connectivity index (χ4v) is 1.10. The molecule has 14 heavy (non-hydrogen) atoms. The Morgan fingerprint density at radius 1 is 1.00 bits per heavy atom. The quantitative estimate of drug-likeness (QED) is 0.400. The summed E-state index contributed by atoms with van der Waals surface area (Å²) in [6.45, 7) is 0. The van der Waals surface area contributed by atoms with Crippen molar-refractivity contribution >= 4 is 25.3 Å². The second-order valence-electron chi connectivity index (χ2n) is 2.42. The smallest absolute Gasteiger partial charge is 0.807 e. The van der Waals surface area contributed by atoms with Crippen molar-refractivity contribution in [3.8, 4) is 0 Å². The first-order valence-electron chi connectivity index (χ1n) is 3.90. The Kier molecular flexibility index (Phi) is 7.62. The first kappa shape index (κ1) is 13.5. The maximum Gasteiger partial charge on any atom is 3.00 e. The number of allylic oxidation sites excluding steroid dienone is 5. The topological polar surface area (TPSA) is 0 Å². The average Bonchev–Trinajstić information content (AvgIpc) is 2.82. The number of hydrogen-bond donors (Lipinski definition) is 0. The maximum absolute atomic E-state index is 4.73. The Morgan fingerprint density at radius 2 is 1.50 bits per heavy atom. The summed E-state index contributed by atoms with van der Waals surface area (Å²) in [5, 5.41) is 0. The van der Waals surface area contributed by atoms with Gasteiger partial charge in [0.15, 0.2) is 0 Å². The predicted octanol–water partition coefficient (Wildman–Crippen LogP) is 2.82. The van der Waals surface area contributed by atoms with Gasteiger partial charge in [0.2, 0.25) is 0 Å². The molecule has 0 unspecified atom stereocenters. The second-order valence-corrected chi connectivity index (χ2v) is 3.50. The summed E-state index contributed by atoms with van der Waals surface area (Å²) in [5.74, 6) is 0.